The van der Waals surface area contributed by atoms with Crippen LogP contribution in [0.5, 0.6) is 0 Å². The Bertz CT molecular complexity index is 449. The number of hydrogen-bond acceptors (Lipinski definition) is 3. The first-order valence-corrected chi connectivity index (χ1v) is 5.50. The predicted molar refractivity (Wildman–Crippen MR) is 59.6 cm³/mol. The molecule has 1 aromatic rings. The second-order valence-corrected chi connectivity index (χ2v) is 4.50. The van der Waals surface area contributed by atoms with Crippen LogP contribution in [-0.2, 0) is 4.79 Å². The molecular weight excluding hydrogens is 222 g/mol. The van der Waals surface area contributed by atoms with Crippen molar-refractivity contribution >= 4 is 11.9 Å². The Balaban J connectivity index is 2.22. The average molecular weight is 237 g/mol. The summed E-state index contributed by atoms with van der Waals surface area (Å²) in [5, 5.41) is 13.2. The minimum atomic E-state index is -0.889. The van der Waals surface area contributed by atoms with Crippen LogP contribution in [0.4, 0.5) is 0 Å². The Morgan fingerprint density at radius 2 is 2.18 bits per heavy atom. The maximum Gasteiger partial charge on any atom is 0.328 e. The molecule has 1 saturated carbocycles. The summed E-state index contributed by atoms with van der Waals surface area (Å²) in [6.07, 6.45) is 3.38. The van der Waals surface area contributed by atoms with E-state index in [1.807, 2.05) is 0 Å². The van der Waals surface area contributed by atoms with E-state index < -0.39 is 12.0 Å². The van der Waals surface area contributed by atoms with Gasteiger partial charge in [0.25, 0.3) is 5.91 Å². The first-order valence-electron chi connectivity index (χ1n) is 5.50. The van der Waals surface area contributed by atoms with Crippen molar-refractivity contribution in [3.05, 3.63) is 18.0 Å². The lowest BCUT2D eigenvalue weighted by molar-refractivity contribution is -0.141. The molecule has 1 amide bonds. The van der Waals surface area contributed by atoms with Gasteiger partial charge in [-0.2, -0.15) is 5.10 Å². The molecule has 1 heterocycles. The van der Waals surface area contributed by atoms with Gasteiger partial charge in [-0.15, -0.1) is 0 Å². The second kappa shape index (κ2) is 4.20. The van der Waals surface area contributed by atoms with Gasteiger partial charge in [0.15, 0.2) is 6.04 Å². The summed E-state index contributed by atoms with van der Waals surface area (Å²) in [5.41, 5.74) is 0.280. The molecule has 0 aromatic carbocycles. The molecule has 1 N–H and O–H groups in total. The minimum absolute atomic E-state index is 0.148. The predicted octanol–water partition coefficient (Wildman–Crippen LogP) is 0.621. The zero-order valence-electron chi connectivity index (χ0n) is 9.83. The highest BCUT2D eigenvalue weighted by molar-refractivity contribution is 5.91. The van der Waals surface area contributed by atoms with E-state index in [9.17, 15) is 9.59 Å². The smallest absolute Gasteiger partial charge is 0.328 e. The van der Waals surface area contributed by atoms with Crippen molar-refractivity contribution in [1.82, 2.24) is 14.7 Å². The molecule has 92 valence electrons. The Hall–Kier alpha value is -1.85. The third-order valence-electron chi connectivity index (χ3n) is 2.84. The fourth-order valence-electron chi connectivity index (χ4n) is 1.78. The van der Waals surface area contributed by atoms with Crippen LogP contribution < -0.4 is 0 Å². The van der Waals surface area contributed by atoms with Crippen molar-refractivity contribution in [3.63, 3.8) is 0 Å². The Kier molecular flexibility index (Phi) is 2.87. The minimum Gasteiger partial charge on any atom is -0.480 e. The van der Waals surface area contributed by atoms with E-state index in [2.05, 4.69) is 5.10 Å². The molecule has 0 aliphatic heterocycles. The molecule has 1 aliphatic rings. The summed E-state index contributed by atoms with van der Waals surface area (Å²) in [4.78, 5) is 24.2. The van der Waals surface area contributed by atoms with E-state index in [1.165, 1.54) is 9.58 Å². The molecule has 1 aromatic heterocycles. The highest BCUT2D eigenvalue weighted by atomic mass is 16.4. The maximum absolute atomic E-state index is 11.6. The van der Waals surface area contributed by atoms with E-state index >= 15 is 0 Å². The maximum atomic E-state index is 11.6. The number of carbonyl (C=O) groups is 2. The molecule has 0 spiro atoms. The van der Waals surface area contributed by atoms with Crippen molar-refractivity contribution in [2.75, 3.05) is 14.1 Å². The molecular formula is C11H15N3O3. The summed E-state index contributed by atoms with van der Waals surface area (Å²) in [7, 11) is 3.27. The molecule has 6 heteroatoms. The Morgan fingerprint density at radius 1 is 1.53 bits per heavy atom. The van der Waals surface area contributed by atoms with Crippen molar-refractivity contribution in [1.29, 1.82) is 0 Å². The van der Waals surface area contributed by atoms with Gasteiger partial charge in [0.05, 0.1) is 0 Å². The number of aliphatic carboxylic acids is 1. The highest BCUT2D eigenvalue weighted by Crippen LogP contribution is 2.39. The lowest BCUT2D eigenvalue weighted by Gasteiger charge is -2.11. The molecule has 1 unspecified atom stereocenters. The third-order valence-corrected chi connectivity index (χ3v) is 2.84. The summed E-state index contributed by atoms with van der Waals surface area (Å²) in [5.74, 6) is -0.960. The topological polar surface area (TPSA) is 75.4 Å². The van der Waals surface area contributed by atoms with Gasteiger partial charge in [-0.05, 0) is 24.8 Å². The molecule has 0 saturated heterocycles. The number of nitrogens with zero attached hydrogens (tertiary/aromatic N) is 3. The number of hydrogen-bond donors (Lipinski definition) is 1. The number of rotatable bonds is 4. The number of amides is 1. The van der Waals surface area contributed by atoms with E-state index in [1.54, 1.807) is 26.4 Å². The first-order chi connectivity index (χ1) is 8.00. The van der Waals surface area contributed by atoms with Gasteiger partial charge in [0, 0.05) is 20.3 Å². The Morgan fingerprint density at radius 3 is 2.65 bits per heavy atom. The van der Waals surface area contributed by atoms with Crippen molar-refractivity contribution in [2.45, 2.75) is 18.9 Å². The third kappa shape index (κ3) is 2.30. The average Bonchev–Trinajstić information content (AvgIpc) is 2.94. The SMILES string of the molecule is CN(C)C(=O)c1ccn(C(C(=O)O)C2CC2)n1. The molecule has 2 rings (SSSR count). The van der Waals surface area contributed by atoms with Crippen molar-refractivity contribution < 1.29 is 14.7 Å². The largest absolute Gasteiger partial charge is 0.480 e. The summed E-state index contributed by atoms with van der Waals surface area (Å²) in [6, 6.07) is 0.916. The summed E-state index contributed by atoms with van der Waals surface area (Å²) in [6.45, 7) is 0. The highest BCUT2D eigenvalue weighted by Gasteiger charge is 2.38. The lowest BCUT2D eigenvalue weighted by atomic mass is 10.2. The van der Waals surface area contributed by atoms with Crippen LogP contribution in [-0.4, -0.2) is 45.8 Å². The zero-order valence-corrected chi connectivity index (χ0v) is 9.83. The van der Waals surface area contributed by atoms with Crippen LogP contribution in [0.2, 0.25) is 0 Å². The van der Waals surface area contributed by atoms with E-state index in [4.69, 9.17) is 5.11 Å². The number of aromatic nitrogens is 2. The van der Waals surface area contributed by atoms with Gasteiger partial charge >= 0.3 is 5.97 Å². The second-order valence-electron chi connectivity index (χ2n) is 4.50. The molecule has 1 aliphatic carbocycles. The van der Waals surface area contributed by atoms with E-state index in [0.717, 1.165) is 12.8 Å². The standard InChI is InChI=1S/C11H15N3O3/c1-13(2)10(15)8-5-6-14(12-8)9(11(16)17)7-3-4-7/h5-7,9H,3-4H2,1-2H3,(H,16,17). The molecule has 17 heavy (non-hydrogen) atoms. The summed E-state index contributed by atoms with van der Waals surface area (Å²) < 4.78 is 1.39. The molecule has 0 radical (unpaired) electrons. The number of carbonyl (C=O) groups excluding carboxylic acids is 1. The molecule has 1 fully saturated rings. The zero-order chi connectivity index (χ0) is 12.6. The monoisotopic (exact) mass is 237 g/mol. The van der Waals surface area contributed by atoms with Crippen LogP contribution >= 0.6 is 0 Å². The fourth-order valence-corrected chi connectivity index (χ4v) is 1.78. The normalized spacial score (nSPS) is 16.6. The molecule has 0 bridgehead atoms. The Labute approximate surface area is 98.8 Å². The van der Waals surface area contributed by atoms with Crippen LogP contribution in [0.15, 0.2) is 12.3 Å². The van der Waals surface area contributed by atoms with Crippen LogP contribution in [0.3, 0.4) is 0 Å². The lowest BCUT2D eigenvalue weighted by Crippen LogP contribution is -2.24. The quantitative estimate of drug-likeness (QED) is 0.833. The van der Waals surface area contributed by atoms with Gasteiger partial charge in [-0.3, -0.25) is 9.48 Å². The van der Waals surface area contributed by atoms with E-state index in [-0.39, 0.29) is 17.5 Å². The van der Waals surface area contributed by atoms with Crippen LogP contribution in [0.1, 0.15) is 29.4 Å². The van der Waals surface area contributed by atoms with Gasteiger partial charge in [0.1, 0.15) is 5.69 Å². The van der Waals surface area contributed by atoms with Crippen LogP contribution in [0, 0.1) is 5.92 Å². The van der Waals surface area contributed by atoms with Crippen molar-refractivity contribution in [3.8, 4) is 0 Å². The molecule has 1 atom stereocenters. The first kappa shape index (κ1) is 11.6. The number of carboxylic acid groups (broad SMARTS) is 1. The van der Waals surface area contributed by atoms with Gasteiger partial charge in [0.2, 0.25) is 0 Å². The fraction of sp³-hybridized carbons (Fsp3) is 0.545. The van der Waals surface area contributed by atoms with Gasteiger partial charge in [-0.25, -0.2) is 4.79 Å². The van der Waals surface area contributed by atoms with Crippen LogP contribution in [0.25, 0.3) is 0 Å². The number of carboxylic acids is 1. The van der Waals surface area contributed by atoms with E-state index in [0.29, 0.717) is 0 Å². The van der Waals surface area contributed by atoms with Gasteiger partial charge in [-0.1, -0.05) is 0 Å². The van der Waals surface area contributed by atoms with Gasteiger partial charge < -0.3 is 10.0 Å². The van der Waals surface area contributed by atoms with Crippen molar-refractivity contribution in [2.24, 2.45) is 5.92 Å². The summed E-state index contributed by atoms with van der Waals surface area (Å²) >= 11 is 0. The molecule has 6 nitrogen and oxygen atoms in total.